The molecule has 0 unspecified atom stereocenters. The second kappa shape index (κ2) is 11.7. The number of carboxylic acid groups (broad SMARTS) is 1. The van der Waals surface area contributed by atoms with Crippen LogP contribution >= 0.6 is 0 Å². The van der Waals surface area contributed by atoms with Gasteiger partial charge in [-0.25, -0.2) is 14.8 Å². The highest BCUT2D eigenvalue weighted by Gasteiger charge is 2.62. The quantitative estimate of drug-likeness (QED) is 0.213. The predicted molar refractivity (Wildman–Crippen MR) is 170 cm³/mol. The van der Waals surface area contributed by atoms with Crippen LogP contribution < -0.4 is 10.1 Å². The van der Waals surface area contributed by atoms with Gasteiger partial charge in [0.1, 0.15) is 11.3 Å². The largest absolute Gasteiger partial charge is 0.494 e. The Morgan fingerprint density at radius 3 is 2.35 bits per heavy atom. The van der Waals surface area contributed by atoms with Crippen molar-refractivity contribution in [3.05, 3.63) is 59.9 Å². The van der Waals surface area contributed by atoms with Gasteiger partial charge in [0.25, 0.3) is 5.91 Å². The smallest absolute Gasteiger partial charge is 0.434 e. The Bertz CT molecular complexity index is 1870. The molecule has 0 radical (unpaired) electrons. The molecule has 1 saturated heterocycles. The average Bonchev–Trinajstić information content (AvgIpc) is 3.39. The molecule has 9 rings (SSSR count). The number of carbonyl (C=O) groups is 2. The van der Waals surface area contributed by atoms with Gasteiger partial charge in [0.05, 0.1) is 23.2 Å². The minimum atomic E-state index is -5.00. The first kappa shape index (κ1) is 31.1. The molecule has 4 bridgehead atoms. The van der Waals surface area contributed by atoms with Gasteiger partial charge >= 0.3 is 12.1 Å². The van der Waals surface area contributed by atoms with Gasteiger partial charge in [0.2, 0.25) is 5.95 Å². The maximum atomic E-state index is 14.7. The lowest BCUT2D eigenvalue weighted by Gasteiger charge is -2.59. The first-order valence-corrected chi connectivity index (χ1v) is 16.9. The number of ether oxygens (including phenoxy) is 2. The summed E-state index contributed by atoms with van der Waals surface area (Å²) in [5.74, 6) is -1.19. The molecular formula is C36H37F3N4O5. The number of rotatable bonds is 8. The minimum Gasteiger partial charge on any atom is -0.494 e. The number of para-hydroxylation sites is 1. The molecule has 2 N–H and O–H groups in total. The Balaban J connectivity index is 1.13. The summed E-state index contributed by atoms with van der Waals surface area (Å²) in [7, 11) is 0. The Morgan fingerprint density at radius 2 is 1.67 bits per heavy atom. The number of fused-ring (bicyclic) bond motifs is 3. The van der Waals surface area contributed by atoms with Crippen LogP contribution in [0.1, 0.15) is 67.4 Å². The van der Waals surface area contributed by atoms with Crippen LogP contribution in [0.5, 0.6) is 5.75 Å². The highest BCUT2D eigenvalue weighted by atomic mass is 19.4. The Hall–Kier alpha value is -4.19. The molecule has 9 nitrogen and oxygen atoms in total. The van der Waals surface area contributed by atoms with Crippen molar-refractivity contribution in [3.8, 4) is 11.7 Å². The van der Waals surface area contributed by atoms with Gasteiger partial charge in [-0.1, -0.05) is 18.2 Å². The van der Waals surface area contributed by atoms with E-state index in [0.29, 0.717) is 66.8 Å². The molecule has 1 amide bonds. The zero-order valence-electron chi connectivity index (χ0n) is 26.3. The zero-order valence-corrected chi connectivity index (χ0v) is 26.3. The predicted octanol–water partition coefficient (Wildman–Crippen LogP) is 6.80. The number of benzene rings is 2. The molecule has 5 fully saturated rings. The summed E-state index contributed by atoms with van der Waals surface area (Å²) >= 11 is 0. The summed E-state index contributed by atoms with van der Waals surface area (Å²) in [6, 6.07) is 12.7. The van der Waals surface area contributed by atoms with E-state index >= 15 is 0 Å². The molecule has 1 aliphatic heterocycles. The van der Waals surface area contributed by atoms with Gasteiger partial charge in [-0.2, -0.15) is 13.2 Å². The van der Waals surface area contributed by atoms with Crippen LogP contribution in [-0.2, 0) is 15.7 Å². The van der Waals surface area contributed by atoms with Crippen molar-refractivity contribution in [2.45, 2.75) is 63.1 Å². The standard InChI is InChI=1S/C36H37F3N4O5/c37-36(38,39)31-28(32(44)42-35(33(45)46)23-14-21-13-22(16-23)17-24(35)15-21)19-40-34(41-31)43-29-4-2-1-3-26(29)27-18-25(5-6-30(27)43)48-12-9-20-7-10-47-11-8-20/h1-6,18-24H,7-17H2,(H,42,44)(H,45,46). The summed E-state index contributed by atoms with van der Waals surface area (Å²) in [5, 5.41) is 14.6. The van der Waals surface area contributed by atoms with Crippen LogP contribution in [-0.4, -0.2) is 56.9 Å². The lowest BCUT2D eigenvalue weighted by Crippen LogP contribution is -2.70. The fourth-order valence-corrected chi connectivity index (χ4v) is 9.29. The number of nitrogens with zero attached hydrogens (tertiary/aromatic N) is 3. The van der Waals surface area contributed by atoms with Gasteiger partial charge < -0.3 is 19.9 Å². The SMILES string of the molecule is O=C(NC1(C(=O)O)C2CC3CC(C2)CC1C3)c1cnc(-n2c3ccccc3c3cc(OCCC4CCOCC4)ccc32)nc1C(F)(F)F. The third-order valence-electron chi connectivity index (χ3n) is 11.4. The van der Waals surface area contributed by atoms with Crippen molar-refractivity contribution in [2.75, 3.05) is 19.8 Å². The number of hydrogen-bond donors (Lipinski definition) is 2. The van der Waals surface area contributed by atoms with E-state index < -0.39 is 34.8 Å². The Kier molecular flexibility index (Phi) is 7.61. The van der Waals surface area contributed by atoms with E-state index in [9.17, 15) is 27.9 Å². The lowest BCUT2D eigenvalue weighted by atomic mass is 9.48. The van der Waals surface area contributed by atoms with Crippen LogP contribution in [0, 0.1) is 29.6 Å². The number of amides is 1. The molecule has 252 valence electrons. The molecule has 2 aromatic carbocycles. The first-order chi connectivity index (χ1) is 23.1. The summed E-state index contributed by atoms with van der Waals surface area (Å²) in [5.41, 5.74) is -2.63. The topological polar surface area (TPSA) is 116 Å². The van der Waals surface area contributed by atoms with Crippen LogP contribution in [0.3, 0.4) is 0 Å². The Morgan fingerprint density at radius 1 is 0.979 bits per heavy atom. The zero-order chi connectivity index (χ0) is 33.2. The molecule has 4 aromatic rings. The van der Waals surface area contributed by atoms with E-state index in [1.807, 2.05) is 18.2 Å². The minimum absolute atomic E-state index is 0.249. The summed E-state index contributed by atoms with van der Waals surface area (Å²) in [4.78, 5) is 34.7. The van der Waals surface area contributed by atoms with Gasteiger partial charge in [-0.15, -0.1) is 0 Å². The van der Waals surface area contributed by atoms with Gasteiger partial charge in [0.15, 0.2) is 5.69 Å². The van der Waals surface area contributed by atoms with Crippen molar-refractivity contribution in [1.82, 2.24) is 19.9 Å². The number of alkyl halides is 3. The number of nitrogens with one attached hydrogen (secondary N) is 1. The van der Waals surface area contributed by atoms with Crippen molar-refractivity contribution in [3.63, 3.8) is 0 Å². The molecule has 0 spiro atoms. The number of aliphatic carboxylic acids is 1. The fraction of sp³-hybridized carbons (Fsp3) is 0.500. The highest BCUT2D eigenvalue weighted by molar-refractivity contribution is 6.09. The third-order valence-corrected chi connectivity index (χ3v) is 11.4. The van der Waals surface area contributed by atoms with Crippen LogP contribution in [0.15, 0.2) is 48.7 Å². The molecular weight excluding hydrogens is 625 g/mol. The molecule has 5 aliphatic rings. The monoisotopic (exact) mass is 662 g/mol. The second-order valence-corrected chi connectivity index (χ2v) is 14.1. The van der Waals surface area contributed by atoms with E-state index in [2.05, 4.69) is 15.3 Å². The molecule has 2 aromatic heterocycles. The maximum Gasteiger partial charge on any atom is 0.434 e. The van der Waals surface area contributed by atoms with Crippen molar-refractivity contribution in [2.24, 2.45) is 29.6 Å². The number of carbonyl (C=O) groups excluding carboxylic acids is 1. The van der Waals surface area contributed by atoms with E-state index in [1.165, 1.54) is 0 Å². The molecule has 4 aliphatic carbocycles. The number of hydrogen-bond acceptors (Lipinski definition) is 6. The molecule has 0 atom stereocenters. The van der Waals surface area contributed by atoms with Crippen LogP contribution in [0.25, 0.3) is 27.8 Å². The number of carboxylic acids is 1. The normalized spacial score (nSPS) is 27.1. The van der Waals surface area contributed by atoms with Gasteiger partial charge in [-0.05, 0) is 105 Å². The third kappa shape index (κ3) is 5.19. The van der Waals surface area contributed by atoms with Gasteiger partial charge in [0, 0.05) is 30.2 Å². The maximum absolute atomic E-state index is 14.7. The summed E-state index contributed by atoms with van der Waals surface area (Å²) in [6.45, 7) is 2.08. The number of halogens is 3. The average molecular weight is 663 g/mol. The molecule has 4 saturated carbocycles. The van der Waals surface area contributed by atoms with E-state index in [4.69, 9.17) is 9.47 Å². The van der Waals surface area contributed by atoms with E-state index in [-0.39, 0.29) is 17.8 Å². The molecule has 3 heterocycles. The van der Waals surface area contributed by atoms with Crippen molar-refractivity contribution < 1.29 is 37.3 Å². The highest BCUT2D eigenvalue weighted by Crippen LogP contribution is 2.58. The van der Waals surface area contributed by atoms with E-state index in [0.717, 1.165) is 55.9 Å². The summed E-state index contributed by atoms with van der Waals surface area (Å²) < 4.78 is 57.1. The van der Waals surface area contributed by atoms with E-state index in [1.54, 1.807) is 28.8 Å². The first-order valence-electron chi connectivity index (χ1n) is 16.9. The fourth-order valence-electron chi connectivity index (χ4n) is 9.29. The Labute approximate surface area is 274 Å². The number of aromatic nitrogens is 3. The summed E-state index contributed by atoms with van der Waals surface area (Å²) in [6.07, 6.45) is 2.46. The van der Waals surface area contributed by atoms with Crippen LogP contribution in [0.4, 0.5) is 13.2 Å². The van der Waals surface area contributed by atoms with Crippen molar-refractivity contribution in [1.29, 1.82) is 0 Å². The van der Waals surface area contributed by atoms with Crippen LogP contribution in [0.2, 0.25) is 0 Å². The lowest BCUT2D eigenvalue weighted by molar-refractivity contribution is -0.163. The van der Waals surface area contributed by atoms with Gasteiger partial charge in [-0.3, -0.25) is 9.36 Å². The molecule has 12 heteroatoms. The van der Waals surface area contributed by atoms with Crippen molar-refractivity contribution >= 4 is 33.7 Å². The molecule has 48 heavy (non-hydrogen) atoms. The second-order valence-electron chi connectivity index (χ2n) is 14.1.